The van der Waals surface area contributed by atoms with Crippen molar-refractivity contribution in [3.05, 3.63) is 88.4 Å². The first-order valence-electron chi connectivity index (χ1n) is 9.97. The summed E-state index contributed by atoms with van der Waals surface area (Å²) >= 11 is 13.5. The lowest BCUT2D eigenvalue weighted by molar-refractivity contribution is -0.120. The smallest absolute Gasteiger partial charge is 0.262 e. The molecular weight excluding hydrogens is 481 g/mol. The van der Waals surface area contributed by atoms with Crippen molar-refractivity contribution in [2.24, 2.45) is 5.10 Å². The molecule has 0 aliphatic carbocycles. The fourth-order valence-corrected chi connectivity index (χ4v) is 3.74. The third kappa shape index (κ3) is 8.81. The van der Waals surface area contributed by atoms with Crippen LogP contribution in [-0.2, 0) is 9.59 Å². The number of hydrogen-bond donors (Lipinski definition) is 2. The monoisotopic (exact) mass is 501 g/mol. The van der Waals surface area contributed by atoms with Gasteiger partial charge in [0.25, 0.3) is 5.91 Å². The van der Waals surface area contributed by atoms with Crippen LogP contribution >= 0.6 is 35.0 Å². The lowest BCUT2D eigenvalue weighted by atomic mass is 10.2. The van der Waals surface area contributed by atoms with E-state index in [9.17, 15) is 9.59 Å². The average Bonchev–Trinajstić information content (AvgIpc) is 2.81. The molecule has 3 rings (SSSR count). The second-order valence-corrected chi connectivity index (χ2v) is 8.74. The molecule has 170 valence electrons. The standard InChI is InChI=1S/C24H21Cl2N3O3S/c25-18-7-11-20(12-8-18)33-14-13-23(30)29-27-15-17-5-9-19(10-6-17)32-16-24(31)28-22-4-2-1-3-21(22)26/h1-12,15H,13-14,16H2,(H,28,31)(H,29,30)/b27-15-. The van der Waals surface area contributed by atoms with Gasteiger partial charge in [-0.05, 0) is 66.2 Å². The number of hydrogen-bond acceptors (Lipinski definition) is 5. The minimum Gasteiger partial charge on any atom is -0.484 e. The van der Waals surface area contributed by atoms with E-state index in [4.69, 9.17) is 27.9 Å². The Labute approximate surface area is 206 Å². The Morgan fingerprint density at radius 2 is 1.67 bits per heavy atom. The quantitative estimate of drug-likeness (QED) is 0.214. The van der Waals surface area contributed by atoms with Crippen molar-refractivity contribution in [3.8, 4) is 5.75 Å². The zero-order valence-electron chi connectivity index (χ0n) is 17.5. The van der Waals surface area contributed by atoms with Gasteiger partial charge in [-0.1, -0.05) is 35.3 Å². The van der Waals surface area contributed by atoms with Gasteiger partial charge in [0.15, 0.2) is 6.61 Å². The highest BCUT2D eigenvalue weighted by Crippen LogP contribution is 2.21. The number of amides is 2. The number of para-hydroxylation sites is 1. The van der Waals surface area contributed by atoms with Gasteiger partial charge in [0.1, 0.15) is 5.75 Å². The van der Waals surface area contributed by atoms with Gasteiger partial charge in [-0.2, -0.15) is 5.10 Å². The van der Waals surface area contributed by atoms with Gasteiger partial charge in [0.2, 0.25) is 5.91 Å². The van der Waals surface area contributed by atoms with Gasteiger partial charge in [-0.15, -0.1) is 11.8 Å². The van der Waals surface area contributed by atoms with Crippen LogP contribution in [-0.4, -0.2) is 30.4 Å². The molecule has 6 nitrogen and oxygen atoms in total. The normalized spacial score (nSPS) is 10.7. The SMILES string of the molecule is O=C(CCSc1ccc(Cl)cc1)N/N=C\c1ccc(OCC(=O)Nc2ccccc2Cl)cc1. The van der Waals surface area contributed by atoms with Crippen LogP contribution in [0.1, 0.15) is 12.0 Å². The van der Waals surface area contributed by atoms with E-state index in [0.717, 1.165) is 10.5 Å². The summed E-state index contributed by atoms with van der Waals surface area (Å²) in [7, 11) is 0. The second-order valence-electron chi connectivity index (χ2n) is 6.73. The summed E-state index contributed by atoms with van der Waals surface area (Å²) in [6.07, 6.45) is 1.88. The Bertz CT molecular complexity index is 1110. The van der Waals surface area contributed by atoms with Crippen molar-refractivity contribution in [2.45, 2.75) is 11.3 Å². The molecule has 0 aliphatic heterocycles. The highest BCUT2D eigenvalue weighted by Gasteiger charge is 2.06. The number of halogens is 2. The van der Waals surface area contributed by atoms with E-state index >= 15 is 0 Å². The van der Waals surface area contributed by atoms with Gasteiger partial charge < -0.3 is 10.1 Å². The fraction of sp³-hybridized carbons (Fsp3) is 0.125. The van der Waals surface area contributed by atoms with Crippen LogP contribution in [0.4, 0.5) is 5.69 Å². The number of rotatable bonds is 10. The molecular formula is C24H21Cl2N3O3S. The number of anilines is 1. The predicted octanol–water partition coefficient (Wildman–Crippen LogP) is 5.64. The Kier molecular flexibility index (Phi) is 9.62. The molecule has 0 aliphatic rings. The van der Waals surface area contributed by atoms with Gasteiger partial charge in [-0.3, -0.25) is 9.59 Å². The topological polar surface area (TPSA) is 79.8 Å². The van der Waals surface area contributed by atoms with Crippen molar-refractivity contribution in [1.29, 1.82) is 0 Å². The maximum atomic E-state index is 12.0. The predicted molar refractivity (Wildman–Crippen MR) is 135 cm³/mol. The molecule has 0 unspecified atom stereocenters. The van der Waals surface area contributed by atoms with E-state index in [0.29, 0.717) is 33.7 Å². The summed E-state index contributed by atoms with van der Waals surface area (Å²) in [4.78, 5) is 25.0. The second kappa shape index (κ2) is 12.9. The van der Waals surface area contributed by atoms with Crippen molar-refractivity contribution >= 4 is 58.7 Å². The minimum atomic E-state index is -0.314. The molecule has 3 aromatic rings. The molecule has 0 aromatic heterocycles. The Balaban J connectivity index is 1.36. The molecule has 2 amide bonds. The summed E-state index contributed by atoms with van der Waals surface area (Å²) in [5.41, 5.74) is 3.82. The maximum Gasteiger partial charge on any atom is 0.262 e. The molecule has 9 heteroatoms. The zero-order chi connectivity index (χ0) is 23.5. The first-order valence-corrected chi connectivity index (χ1v) is 11.7. The molecule has 2 N–H and O–H groups in total. The highest BCUT2D eigenvalue weighted by molar-refractivity contribution is 7.99. The number of ether oxygens (including phenoxy) is 1. The van der Waals surface area contributed by atoms with E-state index in [1.165, 1.54) is 6.21 Å². The molecule has 0 saturated carbocycles. The summed E-state index contributed by atoms with van der Waals surface area (Å²) in [6.45, 7) is -0.150. The fourth-order valence-electron chi connectivity index (χ4n) is 2.57. The largest absolute Gasteiger partial charge is 0.484 e. The van der Waals surface area contributed by atoms with E-state index in [-0.39, 0.29) is 18.4 Å². The van der Waals surface area contributed by atoms with Crippen LogP contribution in [0, 0.1) is 0 Å². The van der Waals surface area contributed by atoms with E-state index < -0.39 is 0 Å². The van der Waals surface area contributed by atoms with Crippen LogP contribution in [0.2, 0.25) is 10.0 Å². The van der Waals surface area contributed by atoms with E-state index in [2.05, 4.69) is 15.8 Å². The Morgan fingerprint density at radius 3 is 2.39 bits per heavy atom. The third-order valence-corrected chi connectivity index (χ3v) is 5.81. The lowest BCUT2D eigenvalue weighted by Crippen LogP contribution is -2.20. The molecule has 0 bridgehead atoms. The molecule has 33 heavy (non-hydrogen) atoms. The number of nitrogens with zero attached hydrogens (tertiary/aromatic N) is 1. The molecule has 0 atom stereocenters. The summed E-state index contributed by atoms with van der Waals surface area (Å²) in [5.74, 6) is 0.687. The number of carbonyl (C=O) groups excluding carboxylic acids is 2. The van der Waals surface area contributed by atoms with Gasteiger partial charge in [0.05, 0.1) is 16.9 Å². The molecule has 3 aromatic carbocycles. The molecule has 0 spiro atoms. The van der Waals surface area contributed by atoms with Crippen LogP contribution in [0.5, 0.6) is 5.75 Å². The molecule has 0 saturated heterocycles. The van der Waals surface area contributed by atoms with Crippen LogP contribution in [0.15, 0.2) is 82.8 Å². The summed E-state index contributed by atoms with van der Waals surface area (Å²) in [6, 6.07) is 21.4. The van der Waals surface area contributed by atoms with Crippen LogP contribution in [0.3, 0.4) is 0 Å². The molecule has 0 fully saturated rings. The molecule has 0 radical (unpaired) electrons. The summed E-state index contributed by atoms with van der Waals surface area (Å²) in [5, 5.41) is 7.81. The minimum absolute atomic E-state index is 0.150. The van der Waals surface area contributed by atoms with Crippen molar-refractivity contribution in [2.75, 3.05) is 17.7 Å². The Hall–Kier alpha value is -3.00. The number of hydrazone groups is 1. The first-order chi connectivity index (χ1) is 16.0. The lowest BCUT2D eigenvalue weighted by Gasteiger charge is -2.08. The van der Waals surface area contributed by atoms with Crippen LogP contribution < -0.4 is 15.5 Å². The maximum absolute atomic E-state index is 12.0. The van der Waals surface area contributed by atoms with Crippen molar-refractivity contribution in [3.63, 3.8) is 0 Å². The zero-order valence-corrected chi connectivity index (χ0v) is 19.8. The third-order valence-electron chi connectivity index (χ3n) is 4.21. The van der Waals surface area contributed by atoms with E-state index in [1.54, 1.807) is 60.3 Å². The first kappa shape index (κ1) is 24.6. The number of benzene rings is 3. The average molecular weight is 502 g/mol. The highest BCUT2D eigenvalue weighted by atomic mass is 35.5. The number of carbonyl (C=O) groups is 2. The summed E-state index contributed by atoms with van der Waals surface area (Å²) < 4.78 is 5.49. The van der Waals surface area contributed by atoms with Crippen molar-refractivity contribution < 1.29 is 14.3 Å². The van der Waals surface area contributed by atoms with Gasteiger partial charge in [-0.25, -0.2) is 5.43 Å². The molecule has 0 heterocycles. The van der Waals surface area contributed by atoms with E-state index in [1.807, 2.05) is 24.3 Å². The Morgan fingerprint density at radius 1 is 0.939 bits per heavy atom. The number of thioether (sulfide) groups is 1. The van der Waals surface area contributed by atoms with Gasteiger partial charge in [0, 0.05) is 22.1 Å². The van der Waals surface area contributed by atoms with Crippen LogP contribution in [0.25, 0.3) is 0 Å². The van der Waals surface area contributed by atoms with Gasteiger partial charge >= 0.3 is 0 Å². The number of nitrogens with one attached hydrogen (secondary N) is 2. The van der Waals surface area contributed by atoms with Crippen molar-refractivity contribution in [1.82, 2.24) is 5.43 Å².